The van der Waals surface area contributed by atoms with E-state index in [1.54, 1.807) is 12.1 Å². The second-order valence-electron chi connectivity index (χ2n) is 5.26. The minimum Gasteiger partial charge on any atom is -0.480 e. The predicted molar refractivity (Wildman–Crippen MR) is 101 cm³/mol. The summed E-state index contributed by atoms with van der Waals surface area (Å²) in [7, 11) is 2.82. The van der Waals surface area contributed by atoms with Gasteiger partial charge < -0.3 is 26.0 Å². The van der Waals surface area contributed by atoms with Crippen molar-refractivity contribution in [1.82, 2.24) is 5.32 Å². The highest BCUT2D eigenvalue weighted by Gasteiger charge is 2.20. The van der Waals surface area contributed by atoms with Crippen LogP contribution < -0.4 is 11.1 Å². The number of amides is 1. The van der Waals surface area contributed by atoms with Crippen LogP contribution in [0.4, 0.5) is 4.79 Å². The van der Waals surface area contributed by atoms with Gasteiger partial charge in [-0.2, -0.15) is 0 Å². The van der Waals surface area contributed by atoms with E-state index in [9.17, 15) is 19.5 Å². The highest BCUT2D eigenvalue weighted by Crippen LogP contribution is 2.23. The number of rotatable bonds is 12. The molecular formula is C16H22N2O6S2. The van der Waals surface area contributed by atoms with Crippen molar-refractivity contribution in [3.8, 4) is 0 Å². The van der Waals surface area contributed by atoms with Gasteiger partial charge in [0.1, 0.15) is 18.7 Å². The number of carboxylic acid groups (broad SMARTS) is 2. The lowest BCUT2D eigenvalue weighted by molar-refractivity contribution is -0.140. The molecule has 0 aliphatic heterocycles. The van der Waals surface area contributed by atoms with Gasteiger partial charge in [0, 0.05) is 11.5 Å². The van der Waals surface area contributed by atoms with Gasteiger partial charge in [-0.25, -0.2) is 9.59 Å². The second kappa shape index (κ2) is 12.4. The van der Waals surface area contributed by atoms with E-state index in [1.807, 2.05) is 18.2 Å². The number of aliphatic carboxylic acids is 2. The minimum atomic E-state index is -1.14. The van der Waals surface area contributed by atoms with E-state index in [2.05, 4.69) is 5.32 Å². The number of carboxylic acids is 2. The van der Waals surface area contributed by atoms with Crippen LogP contribution in [-0.4, -0.2) is 51.8 Å². The standard InChI is InChI=1S/C16H22N2O6S2/c17-12(14(19)20)6-8-25-26-9-7-13(15(21)22)18-16(23)24-10-11-4-2-1-3-5-11/h1-5,12-13H,6-10,17H2,(H,18,23)(H,19,20)(H,21,22)/t12?,13-/m0/s1. The minimum absolute atomic E-state index is 0.0629. The Morgan fingerprint density at radius 1 is 1.04 bits per heavy atom. The molecule has 144 valence electrons. The molecule has 0 bridgehead atoms. The van der Waals surface area contributed by atoms with E-state index in [-0.39, 0.29) is 13.0 Å². The molecule has 26 heavy (non-hydrogen) atoms. The van der Waals surface area contributed by atoms with E-state index in [0.717, 1.165) is 5.56 Å². The third-order valence-electron chi connectivity index (χ3n) is 3.21. The molecule has 1 aromatic rings. The molecule has 1 rings (SSSR count). The number of alkyl carbamates (subject to hydrolysis) is 1. The predicted octanol–water partition coefficient (Wildman–Crippen LogP) is 1.94. The van der Waals surface area contributed by atoms with Crippen molar-refractivity contribution < 1.29 is 29.3 Å². The first-order valence-electron chi connectivity index (χ1n) is 7.83. The summed E-state index contributed by atoms with van der Waals surface area (Å²) in [6, 6.07) is 7.13. The summed E-state index contributed by atoms with van der Waals surface area (Å²) in [6.45, 7) is 0.0629. The molecular weight excluding hydrogens is 380 g/mol. The van der Waals surface area contributed by atoms with Gasteiger partial charge in [0.15, 0.2) is 0 Å². The van der Waals surface area contributed by atoms with Crippen LogP contribution in [0.25, 0.3) is 0 Å². The molecule has 0 aliphatic rings. The largest absolute Gasteiger partial charge is 0.480 e. The Morgan fingerprint density at radius 3 is 2.23 bits per heavy atom. The SMILES string of the molecule is NC(CCSSCC[C@H](NC(=O)OCc1ccccc1)C(=O)O)C(=O)O. The van der Waals surface area contributed by atoms with Gasteiger partial charge in [0.2, 0.25) is 0 Å². The Hall–Kier alpha value is -1.91. The summed E-state index contributed by atoms with van der Waals surface area (Å²) < 4.78 is 5.01. The third kappa shape index (κ3) is 9.54. The third-order valence-corrected chi connectivity index (χ3v) is 5.68. The second-order valence-corrected chi connectivity index (χ2v) is 7.97. The fraction of sp³-hybridized carbons (Fsp3) is 0.438. The molecule has 1 aromatic carbocycles. The normalized spacial score (nSPS) is 12.8. The quantitative estimate of drug-likeness (QED) is 0.305. The van der Waals surface area contributed by atoms with Gasteiger partial charge in [-0.3, -0.25) is 4.79 Å². The molecule has 10 heteroatoms. The first-order valence-corrected chi connectivity index (χ1v) is 10.3. The van der Waals surface area contributed by atoms with Crippen LogP contribution in [0.1, 0.15) is 18.4 Å². The summed E-state index contributed by atoms with van der Waals surface area (Å²) >= 11 is 0. The van der Waals surface area contributed by atoms with E-state index in [1.165, 1.54) is 21.6 Å². The number of hydrogen-bond donors (Lipinski definition) is 4. The van der Waals surface area contributed by atoms with Crippen molar-refractivity contribution in [3.63, 3.8) is 0 Å². The zero-order chi connectivity index (χ0) is 19.4. The van der Waals surface area contributed by atoms with Crippen LogP contribution in [0.3, 0.4) is 0 Å². The fourth-order valence-electron chi connectivity index (χ4n) is 1.75. The zero-order valence-electron chi connectivity index (χ0n) is 14.0. The number of carbonyl (C=O) groups is 3. The number of carbonyl (C=O) groups excluding carboxylic acids is 1. The summed E-state index contributed by atoms with van der Waals surface area (Å²) in [4.78, 5) is 33.5. The van der Waals surface area contributed by atoms with E-state index < -0.39 is 30.1 Å². The van der Waals surface area contributed by atoms with Crippen LogP contribution in [0, 0.1) is 0 Å². The maximum absolute atomic E-state index is 11.7. The Labute approximate surface area is 159 Å². The van der Waals surface area contributed by atoms with Gasteiger partial charge in [0.05, 0.1) is 0 Å². The number of benzene rings is 1. The van der Waals surface area contributed by atoms with Crippen molar-refractivity contribution >= 4 is 39.6 Å². The molecule has 0 radical (unpaired) electrons. The van der Waals surface area contributed by atoms with Crippen molar-refractivity contribution in [1.29, 1.82) is 0 Å². The summed E-state index contributed by atoms with van der Waals surface area (Å²) in [5, 5.41) is 20.2. The van der Waals surface area contributed by atoms with Gasteiger partial charge in [0.25, 0.3) is 0 Å². The summed E-state index contributed by atoms with van der Waals surface area (Å²) in [5.41, 5.74) is 6.19. The highest BCUT2D eigenvalue weighted by molar-refractivity contribution is 8.76. The van der Waals surface area contributed by atoms with Crippen molar-refractivity contribution in [2.24, 2.45) is 5.73 Å². The molecule has 1 unspecified atom stereocenters. The Balaban J connectivity index is 2.23. The molecule has 0 saturated carbocycles. The van der Waals surface area contributed by atoms with Crippen LogP contribution in [0.2, 0.25) is 0 Å². The number of ether oxygens (including phenoxy) is 1. The Morgan fingerprint density at radius 2 is 1.65 bits per heavy atom. The van der Waals surface area contributed by atoms with Crippen molar-refractivity contribution in [3.05, 3.63) is 35.9 Å². The highest BCUT2D eigenvalue weighted by atomic mass is 33.1. The van der Waals surface area contributed by atoms with Crippen LogP contribution in [0.15, 0.2) is 30.3 Å². The van der Waals surface area contributed by atoms with E-state index in [4.69, 9.17) is 15.6 Å². The molecule has 0 saturated heterocycles. The lowest BCUT2D eigenvalue weighted by Crippen LogP contribution is -2.41. The topological polar surface area (TPSA) is 139 Å². The molecule has 5 N–H and O–H groups in total. The zero-order valence-corrected chi connectivity index (χ0v) is 15.6. The molecule has 1 amide bonds. The number of nitrogens with two attached hydrogens (primary N) is 1. The maximum Gasteiger partial charge on any atom is 0.408 e. The molecule has 0 aromatic heterocycles. The van der Waals surface area contributed by atoms with Crippen LogP contribution in [-0.2, 0) is 20.9 Å². The molecule has 0 spiro atoms. The molecule has 0 heterocycles. The van der Waals surface area contributed by atoms with Gasteiger partial charge >= 0.3 is 18.0 Å². The smallest absolute Gasteiger partial charge is 0.408 e. The average Bonchev–Trinajstić information content (AvgIpc) is 2.62. The molecule has 2 atom stereocenters. The van der Waals surface area contributed by atoms with E-state index in [0.29, 0.717) is 17.9 Å². The van der Waals surface area contributed by atoms with Crippen molar-refractivity contribution in [2.45, 2.75) is 31.5 Å². The van der Waals surface area contributed by atoms with Crippen LogP contribution >= 0.6 is 21.6 Å². The average molecular weight is 402 g/mol. The van der Waals surface area contributed by atoms with Gasteiger partial charge in [-0.1, -0.05) is 51.9 Å². The number of hydrogen-bond acceptors (Lipinski definition) is 7. The Bertz CT molecular complexity index is 587. The summed E-state index contributed by atoms with van der Waals surface area (Å²) in [6.07, 6.45) is -0.232. The fourth-order valence-corrected chi connectivity index (χ4v) is 3.95. The Kier molecular flexibility index (Phi) is 10.6. The number of nitrogens with one attached hydrogen (secondary N) is 1. The molecule has 8 nitrogen and oxygen atoms in total. The first kappa shape index (κ1) is 22.1. The summed E-state index contributed by atoms with van der Waals surface area (Å²) in [5.74, 6) is -1.16. The first-order chi connectivity index (χ1) is 12.4. The lowest BCUT2D eigenvalue weighted by atomic mass is 10.2. The maximum atomic E-state index is 11.7. The molecule has 0 aliphatic carbocycles. The van der Waals surface area contributed by atoms with Crippen molar-refractivity contribution in [2.75, 3.05) is 11.5 Å². The monoisotopic (exact) mass is 402 g/mol. The lowest BCUT2D eigenvalue weighted by Gasteiger charge is -2.14. The van der Waals surface area contributed by atoms with Gasteiger partial charge in [-0.05, 0) is 18.4 Å². The van der Waals surface area contributed by atoms with Gasteiger partial charge in [-0.15, -0.1) is 0 Å². The van der Waals surface area contributed by atoms with Crippen LogP contribution in [0.5, 0.6) is 0 Å². The van der Waals surface area contributed by atoms with E-state index >= 15 is 0 Å². The molecule has 0 fully saturated rings.